The van der Waals surface area contributed by atoms with Crippen molar-refractivity contribution in [2.24, 2.45) is 0 Å². The topological polar surface area (TPSA) is 6.48 Å². The minimum atomic E-state index is -0.187. The van der Waals surface area contributed by atoms with E-state index in [1.807, 2.05) is 0 Å². The molecule has 3 heteroatoms. The summed E-state index contributed by atoms with van der Waals surface area (Å²) in [5.41, 5.74) is 29.5. The van der Waals surface area contributed by atoms with E-state index in [0.29, 0.717) is 0 Å². The first-order chi connectivity index (χ1) is 40.5. The van der Waals surface area contributed by atoms with Crippen molar-refractivity contribution in [2.45, 2.75) is 52.4 Å². The summed E-state index contributed by atoms with van der Waals surface area (Å²) in [6.45, 7) is 13.9. The van der Waals surface area contributed by atoms with Gasteiger partial charge in [-0.25, -0.2) is 0 Å². The zero-order valence-corrected chi connectivity index (χ0v) is 48.1. The number of nitrogens with zero attached hydrogens (tertiary/aromatic N) is 2. The molecule has 2 aliphatic rings. The second kappa shape index (κ2) is 20.7. The number of fused-ring (bicyclic) bond motifs is 4. The van der Waals surface area contributed by atoms with Crippen molar-refractivity contribution in [3.05, 3.63) is 296 Å². The standard InChI is InChI=1S/C80H65BN2/c1-79(2,3)63-45-46-64(69(53-63)80(4,5)6)62-51-74-76-75(52-62)83(78-67(58-35-21-11-22-36-58)41-26-42-68(78)59-37-23-12-24-38-59)73-48-44-61(55-29-15-8-16-30-55)50-71(73)81(76)70-49-60(54-27-13-7-14-28-54)43-47-72(70)82(74)77-65(56-31-17-9-18-32-56)39-25-40-66(77)57-33-19-10-20-34-57/h7-53H,1-6H3. The molecular formula is C80H65BN2. The van der Waals surface area contributed by atoms with Crippen LogP contribution in [0.15, 0.2) is 285 Å². The van der Waals surface area contributed by atoms with Gasteiger partial charge in [-0.05, 0) is 118 Å². The van der Waals surface area contributed by atoms with Crippen LogP contribution in [0.2, 0.25) is 0 Å². The van der Waals surface area contributed by atoms with Crippen LogP contribution in [0.3, 0.4) is 0 Å². The molecule has 398 valence electrons. The molecule has 0 N–H and O–H groups in total. The predicted octanol–water partition coefficient (Wildman–Crippen LogP) is 20.0. The molecule has 0 atom stereocenters. The Morgan fingerprint density at radius 3 is 0.940 bits per heavy atom. The highest BCUT2D eigenvalue weighted by Gasteiger charge is 2.46. The second-order valence-corrected chi connectivity index (χ2v) is 24.4. The predicted molar refractivity (Wildman–Crippen MR) is 356 cm³/mol. The van der Waals surface area contributed by atoms with Crippen LogP contribution in [-0.4, -0.2) is 6.71 Å². The quantitative estimate of drug-likeness (QED) is 0.133. The Labute approximate surface area is 490 Å². The smallest absolute Gasteiger partial charge is 0.252 e. The maximum absolute atomic E-state index is 2.67. The van der Waals surface area contributed by atoms with E-state index in [1.54, 1.807) is 0 Å². The van der Waals surface area contributed by atoms with E-state index in [1.165, 1.54) is 60.9 Å². The van der Waals surface area contributed by atoms with Crippen LogP contribution in [-0.2, 0) is 10.8 Å². The first-order valence-corrected chi connectivity index (χ1v) is 29.3. The lowest BCUT2D eigenvalue weighted by Gasteiger charge is -2.46. The van der Waals surface area contributed by atoms with Crippen LogP contribution in [0.1, 0.15) is 52.7 Å². The van der Waals surface area contributed by atoms with Gasteiger partial charge in [0.1, 0.15) is 0 Å². The van der Waals surface area contributed by atoms with Crippen molar-refractivity contribution >= 4 is 57.2 Å². The summed E-state index contributed by atoms with van der Waals surface area (Å²) in [7, 11) is 0. The molecular weight excluding hydrogens is 1000 g/mol. The van der Waals surface area contributed by atoms with Gasteiger partial charge < -0.3 is 9.80 Å². The molecule has 0 aromatic heterocycles. The van der Waals surface area contributed by atoms with Crippen LogP contribution >= 0.6 is 0 Å². The normalized spacial score (nSPS) is 12.6. The summed E-state index contributed by atoms with van der Waals surface area (Å²) in [5.74, 6) is 0. The number of hydrogen-bond donors (Lipinski definition) is 0. The third-order valence-corrected chi connectivity index (χ3v) is 17.1. The van der Waals surface area contributed by atoms with Gasteiger partial charge in [-0.15, -0.1) is 0 Å². The molecule has 14 rings (SSSR count). The maximum atomic E-state index is 2.67. The molecule has 0 radical (unpaired) electrons. The molecule has 2 nitrogen and oxygen atoms in total. The summed E-state index contributed by atoms with van der Waals surface area (Å²) in [5, 5.41) is 0. The highest BCUT2D eigenvalue weighted by atomic mass is 15.2. The molecule has 83 heavy (non-hydrogen) atoms. The largest absolute Gasteiger partial charge is 0.310 e. The van der Waals surface area contributed by atoms with Crippen molar-refractivity contribution in [2.75, 3.05) is 9.80 Å². The van der Waals surface area contributed by atoms with Gasteiger partial charge in [-0.1, -0.05) is 302 Å². The van der Waals surface area contributed by atoms with Crippen LogP contribution in [0.5, 0.6) is 0 Å². The van der Waals surface area contributed by atoms with Gasteiger partial charge in [-0.3, -0.25) is 0 Å². The Balaban J connectivity index is 1.19. The van der Waals surface area contributed by atoms with Crippen molar-refractivity contribution in [1.82, 2.24) is 0 Å². The number of hydrogen-bond acceptors (Lipinski definition) is 2. The Bertz CT molecular complexity index is 4010. The molecule has 0 saturated carbocycles. The van der Waals surface area contributed by atoms with E-state index in [4.69, 9.17) is 0 Å². The summed E-state index contributed by atoms with van der Waals surface area (Å²) in [6, 6.07) is 107. The fraction of sp³-hybridized carbons (Fsp3) is 0.100. The van der Waals surface area contributed by atoms with Gasteiger partial charge in [0.05, 0.1) is 11.4 Å². The van der Waals surface area contributed by atoms with Crippen LogP contribution in [0.25, 0.3) is 77.9 Å². The summed E-state index contributed by atoms with van der Waals surface area (Å²) in [6.07, 6.45) is 0. The molecule has 0 aliphatic carbocycles. The van der Waals surface area contributed by atoms with E-state index < -0.39 is 0 Å². The monoisotopic (exact) mass is 1060 g/mol. The number of rotatable bonds is 9. The average Bonchev–Trinajstić information content (AvgIpc) is 1.48. The van der Waals surface area contributed by atoms with Gasteiger partial charge in [0.2, 0.25) is 0 Å². The van der Waals surface area contributed by atoms with Gasteiger partial charge in [0.15, 0.2) is 0 Å². The van der Waals surface area contributed by atoms with Crippen LogP contribution in [0.4, 0.5) is 34.1 Å². The molecule has 2 aliphatic heterocycles. The van der Waals surface area contributed by atoms with Crippen LogP contribution in [0, 0.1) is 0 Å². The zero-order chi connectivity index (χ0) is 56.4. The Morgan fingerprint density at radius 2 is 0.602 bits per heavy atom. The molecule has 2 heterocycles. The molecule has 12 aromatic rings. The summed E-state index contributed by atoms with van der Waals surface area (Å²) in [4.78, 5) is 5.33. The van der Waals surface area contributed by atoms with E-state index in [9.17, 15) is 0 Å². The Hall–Kier alpha value is -9.70. The summed E-state index contributed by atoms with van der Waals surface area (Å²) >= 11 is 0. The van der Waals surface area contributed by atoms with Gasteiger partial charge in [-0.2, -0.15) is 0 Å². The fourth-order valence-corrected chi connectivity index (χ4v) is 13.1. The number of anilines is 6. The molecule has 0 unspecified atom stereocenters. The lowest BCUT2D eigenvalue weighted by molar-refractivity contribution is 0.570. The zero-order valence-electron chi connectivity index (χ0n) is 48.1. The SMILES string of the molecule is CC(C)(C)c1ccc(-c2cc3c4c(c2)N(c2c(-c5ccccc5)cccc2-c2ccccc2)c2ccc(-c5ccccc5)cc2B4c2cc(-c4ccccc4)ccc2N3c2c(-c3ccccc3)cccc2-c2ccccc2)c(C(C)(C)C)c1. The number of benzene rings is 12. The lowest BCUT2D eigenvalue weighted by atomic mass is 9.33. The third-order valence-electron chi connectivity index (χ3n) is 17.1. The lowest BCUT2D eigenvalue weighted by Crippen LogP contribution is -2.61. The van der Waals surface area contributed by atoms with Crippen molar-refractivity contribution < 1.29 is 0 Å². The highest BCUT2D eigenvalue weighted by molar-refractivity contribution is 7.00. The molecule has 0 fully saturated rings. The van der Waals surface area contributed by atoms with E-state index in [0.717, 1.165) is 78.6 Å². The summed E-state index contributed by atoms with van der Waals surface area (Å²) < 4.78 is 0. The second-order valence-electron chi connectivity index (χ2n) is 24.4. The Morgan fingerprint density at radius 1 is 0.253 bits per heavy atom. The van der Waals surface area contributed by atoms with Crippen molar-refractivity contribution in [3.8, 4) is 77.9 Å². The number of para-hydroxylation sites is 2. The molecule has 12 aromatic carbocycles. The molecule has 0 saturated heterocycles. The maximum Gasteiger partial charge on any atom is 0.252 e. The molecule has 0 amide bonds. The average molecular weight is 1070 g/mol. The fourth-order valence-electron chi connectivity index (χ4n) is 13.1. The van der Waals surface area contributed by atoms with E-state index in [2.05, 4.69) is 336 Å². The molecule has 0 bridgehead atoms. The third kappa shape index (κ3) is 9.18. The molecule has 0 spiro atoms. The van der Waals surface area contributed by atoms with E-state index >= 15 is 0 Å². The Kier molecular flexibility index (Phi) is 12.8. The highest BCUT2D eigenvalue weighted by Crippen LogP contribution is 2.54. The van der Waals surface area contributed by atoms with Crippen molar-refractivity contribution in [1.29, 1.82) is 0 Å². The minimum absolute atomic E-state index is 0.0458. The van der Waals surface area contributed by atoms with Gasteiger partial charge >= 0.3 is 0 Å². The van der Waals surface area contributed by atoms with Crippen LogP contribution < -0.4 is 26.2 Å². The van der Waals surface area contributed by atoms with Gasteiger partial charge in [0.25, 0.3) is 6.71 Å². The van der Waals surface area contributed by atoms with E-state index in [-0.39, 0.29) is 17.5 Å². The minimum Gasteiger partial charge on any atom is -0.310 e. The van der Waals surface area contributed by atoms with Gasteiger partial charge in [0, 0.05) is 45.0 Å². The first-order valence-electron chi connectivity index (χ1n) is 29.3. The van der Waals surface area contributed by atoms with Crippen molar-refractivity contribution in [3.63, 3.8) is 0 Å². The first kappa shape index (κ1) is 51.5.